The molecule has 10 heteroatoms. The van der Waals surface area contributed by atoms with E-state index in [0.29, 0.717) is 35.9 Å². The molecule has 3 aromatic rings. The Bertz CT molecular complexity index is 1340. The number of fused-ring (bicyclic) bond motifs is 1. The van der Waals surface area contributed by atoms with Gasteiger partial charge in [-0.1, -0.05) is 20.8 Å². The van der Waals surface area contributed by atoms with E-state index in [9.17, 15) is 21.6 Å². The minimum absolute atomic E-state index is 0.198. The molecule has 0 spiro atoms. The van der Waals surface area contributed by atoms with E-state index in [1.54, 1.807) is 13.1 Å². The lowest BCUT2D eigenvalue weighted by Gasteiger charge is -2.20. The second kappa shape index (κ2) is 8.34. The Kier molecular flexibility index (Phi) is 6.05. The molecule has 0 aliphatic heterocycles. The number of aromatic nitrogens is 2. The summed E-state index contributed by atoms with van der Waals surface area (Å²) in [6.45, 7) is 8.18. The van der Waals surface area contributed by atoms with Gasteiger partial charge in [-0.25, -0.2) is 17.5 Å². The van der Waals surface area contributed by atoms with Crippen LogP contribution in [0.4, 0.5) is 17.6 Å². The summed E-state index contributed by atoms with van der Waals surface area (Å²) in [6, 6.07) is 3.95. The molecule has 5 nitrogen and oxygen atoms in total. The molecule has 0 radical (unpaired) electrons. The SMILES string of the molecule is C[C@H](NS(=O)(=O)C1CC1)c1cn(CC(C)(C)C)c2cc(-c3ncccc3C(F)(F)F)c(F)cc12. The van der Waals surface area contributed by atoms with E-state index in [4.69, 9.17) is 0 Å². The molecule has 1 aliphatic rings. The van der Waals surface area contributed by atoms with Gasteiger partial charge in [0.2, 0.25) is 10.0 Å². The van der Waals surface area contributed by atoms with Crippen molar-refractivity contribution in [2.45, 2.75) is 64.5 Å². The van der Waals surface area contributed by atoms with Gasteiger partial charge in [0.15, 0.2) is 0 Å². The number of rotatable bonds is 6. The van der Waals surface area contributed by atoms with E-state index >= 15 is 4.39 Å². The number of hydrogen-bond acceptors (Lipinski definition) is 3. The molecule has 184 valence electrons. The molecule has 1 atom stereocenters. The normalized spacial score (nSPS) is 16.2. The predicted octanol–water partition coefficient (Wildman–Crippen LogP) is 6.05. The maximum atomic E-state index is 15.3. The number of sulfonamides is 1. The molecule has 0 saturated heterocycles. The van der Waals surface area contributed by atoms with Crippen LogP contribution in [-0.2, 0) is 22.7 Å². The molecule has 0 unspecified atom stereocenters. The maximum absolute atomic E-state index is 15.3. The molecular formula is C24H27F4N3O2S. The first kappa shape index (κ1) is 24.7. The van der Waals surface area contributed by atoms with Crippen molar-refractivity contribution in [2.75, 3.05) is 0 Å². The van der Waals surface area contributed by atoms with E-state index < -0.39 is 44.6 Å². The molecule has 1 N–H and O–H groups in total. The zero-order valence-electron chi connectivity index (χ0n) is 19.4. The summed E-state index contributed by atoms with van der Waals surface area (Å²) >= 11 is 0. The van der Waals surface area contributed by atoms with Gasteiger partial charge < -0.3 is 4.57 Å². The zero-order valence-corrected chi connectivity index (χ0v) is 20.2. The summed E-state index contributed by atoms with van der Waals surface area (Å²) in [5.41, 5.74) is -0.888. The van der Waals surface area contributed by atoms with Crippen molar-refractivity contribution in [3.8, 4) is 11.3 Å². The fourth-order valence-electron chi connectivity index (χ4n) is 4.14. The van der Waals surface area contributed by atoms with Gasteiger partial charge in [0, 0.05) is 41.4 Å². The van der Waals surface area contributed by atoms with Crippen molar-refractivity contribution in [3.63, 3.8) is 0 Å². The number of halogens is 4. The Balaban J connectivity index is 1.89. The van der Waals surface area contributed by atoms with Crippen LogP contribution >= 0.6 is 0 Å². The average molecular weight is 498 g/mol. The zero-order chi connectivity index (χ0) is 25.1. The molecule has 0 bridgehead atoms. The molecule has 34 heavy (non-hydrogen) atoms. The predicted molar refractivity (Wildman–Crippen MR) is 123 cm³/mol. The van der Waals surface area contributed by atoms with Crippen LogP contribution < -0.4 is 4.72 Å². The third-order valence-electron chi connectivity index (χ3n) is 5.78. The third-order valence-corrected chi connectivity index (χ3v) is 7.82. The smallest absolute Gasteiger partial charge is 0.347 e. The summed E-state index contributed by atoms with van der Waals surface area (Å²) in [5.74, 6) is -0.858. The quantitative estimate of drug-likeness (QED) is 0.422. The number of hydrogen-bond donors (Lipinski definition) is 1. The maximum Gasteiger partial charge on any atom is 0.418 e. The van der Waals surface area contributed by atoms with E-state index in [1.165, 1.54) is 18.3 Å². The van der Waals surface area contributed by atoms with Crippen molar-refractivity contribution < 1.29 is 26.0 Å². The van der Waals surface area contributed by atoms with Crippen LogP contribution in [0.1, 0.15) is 57.7 Å². The third kappa shape index (κ3) is 4.98. The number of pyridine rings is 1. The fourth-order valence-corrected chi connectivity index (χ4v) is 5.71. The molecule has 1 fully saturated rings. The van der Waals surface area contributed by atoms with Crippen LogP contribution in [-0.4, -0.2) is 23.2 Å². The number of nitrogens with one attached hydrogen (secondary N) is 1. The van der Waals surface area contributed by atoms with Crippen LogP contribution in [0, 0.1) is 11.2 Å². The number of nitrogens with zero attached hydrogens (tertiary/aromatic N) is 2. The first-order chi connectivity index (χ1) is 15.7. The molecule has 1 aliphatic carbocycles. The van der Waals surface area contributed by atoms with Crippen LogP contribution in [0.5, 0.6) is 0 Å². The molecule has 2 aromatic heterocycles. The highest BCUT2D eigenvalue weighted by molar-refractivity contribution is 7.90. The van der Waals surface area contributed by atoms with E-state index in [2.05, 4.69) is 9.71 Å². The van der Waals surface area contributed by atoms with Crippen LogP contribution in [0.15, 0.2) is 36.7 Å². The van der Waals surface area contributed by atoms with Crippen molar-refractivity contribution in [1.29, 1.82) is 0 Å². The Labute approximate surface area is 196 Å². The summed E-state index contributed by atoms with van der Waals surface area (Å²) in [4.78, 5) is 3.84. The molecular weight excluding hydrogens is 470 g/mol. The van der Waals surface area contributed by atoms with Crippen LogP contribution in [0.2, 0.25) is 0 Å². The number of alkyl halides is 3. The standard InChI is InChI=1S/C24H27F4N3O2S/c1-14(30-34(32,33)15-7-8-15)18-12-31(13-23(2,3)4)21-11-17(20(25)10-16(18)21)22-19(24(26,27)28)6-5-9-29-22/h5-6,9-12,14-15,30H,7-8,13H2,1-4H3/t14-/m0/s1. The molecule has 0 amide bonds. The van der Waals surface area contributed by atoms with Gasteiger partial charge in [0.1, 0.15) is 5.82 Å². The van der Waals surface area contributed by atoms with Gasteiger partial charge in [-0.05, 0) is 55.0 Å². The molecule has 2 heterocycles. The van der Waals surface area contributed by atoms with Crippen LogP contribution in [0.3, 0.4) is 0 Å². The van der Waals surface area contributed by atoms with Gasteiger partial charge in [0.25, 0.3) is 0 Å². The lowest BCUT2D eigenvalue weighted by atomic mass is 9.96. The Morgan fingerprint density at radius 3 is 2.47 bits per heavy atom. The highest BCUT2D eigenvalue weighted by Crippen LogP contribution is 2.39. The Morgan fingerprint density at radius 1 is 1.21 bits per heavy atom. The van der Waals surface area contributed by atoms with Gasteiger partial charge >= 0.3 is 6.18 Å². The van der Waals surface area contributed by atoms with E-state index in [1.807, 2.05) is 25.3 Å². The number of benzene rings is 1. The largest absolute Gasteiger partial charge is 0.418 e. The van der Waals surface area contributed by atoms with Gasteiger partial charge in [-0.3, -0.25) is 4.98 Å². The highest BCUT2D eigenvalue weighted by Gasteiger charge is 2.37. The summed E-state index contributed by atoms with van der Waals surface area (Å²) in [7, 11) is -3.50. The second-order valence-corrected chi connectivity index (χ2v) is 12.1. The molecule has 1 saturated carbocycles. The first-order valence-corrected chi connectivity index (χ1v) is 12.6. The molecule has 4 rings (SSSR count). The topological polar surface area (TPSA) is 64.0 Å². The molecule has 1 aromatic carbocycles. The van der Waals surface area contributed by atoms with Crippen molar-refractivity contribution in [2.24, 2.45) is 5.41 Å². The van der Waals surface area contributed by atoms with Gasteiger partial charge in [-0.15, -0.1) is 0 Å². The first-order valence-electron chi connectivity index (χ1n) is 11.0. The lowest BCUT2D eigenvalue weighted by molar-refractivity contribution is -0.137. The second-order valence-electron chi connectivity index (χ2n) is 10.1. The lowest BCUT2D eigenvalue weighted by Crippen LogP contribution is -2.29. The fraction of sp³-hybridized carbons (Fsp3) is 0.458. The van der Waals surface area contributed by atoms with Gasteiger partial charge in [-0.2, -0.15) is 13.2 Å². The Hall–Kier alpha value is -2.46. The van der Waals surface area contributed by atoms with E-state index in [-0.39, 0.29) is 11.0 Å². The monoisotopic (exact) mass is 497 g/mol. The van der Waals surface area contributed by atoms with Crippen molar-refractivity contribution in [3.05, 3.63) is 53.6 Å². The van der Waals surface area contributed by atoms with Gasteiger partial charge in [0.05, 0.1) is 16.5 Å². The van der Waals surface area contributed by atoms with Crippen LogP contribution in [0.25, 0.3) is 22.2 Å². The highest BCUT2D eigenvalue weighted by atomic mass is 32.2. The summed E-state index contributed by atoms with van der Waals surface area (Å²) in [5, 5.41) is 0.0344. The van der Waals surface area contributed by atoms with E-state index in [0.717, 1.165) is 12.1 Å². The van der Waals surface area contributed by atoms with Crippen molar-refractivity contribution in [1.82, 2.24) is 14.3 Å². The Morgan fingerprint density at radius 2 is 1.88 bits per heavy atom. The summed E-state index contributed by atoms with van der Waals surface area (Å²) in [6.07, 6.45) is -0.529. The minimum Gasteiger partial charge on any atom is -0.347 e. The summed E-state index contributed by atoms with van der Waals surface area (Å²) < 4.78 is 85.5. The van der Waals surface area contributed by atoms with Crippen molar-refractivity contribution >= 4 is 20.9 Å². The minimum atomic E-state index is -4.70. The average Bonchev–Trinajstić information content (AvgIpc) is 3.51.